The van der Waals surface area contributed by atoms with Gasteiger partial charge < -0.3 is 5.32 Å². The maximum atomic E-state index is 13.8. The van der Waals surface area contributed by atoms with Crippen LogP contribution in [0.4, 0.5) is 4.39 Å². The van der Waals surface area contributed by atoms with E-state index in [0.29, 0.717) is 12.1 Å². The van der Waals surface area contributed by atoms with Gasteiger partial charge in [-0.3, -0.25) is 9.69 Å². The van der Waals surface area contributed by atoms with Gasteiger partial charge >= 0.3 is 0 Å². The minimum atomic E-state index is -0.194. The van der Waals surface area contributed by atoms with Crippen molar-refractivity contribution in [1.82, 2.24) is 10.2 Å². The van der Waals surface area contributed by atoms with Crippen molar-refractivity contribution in [2.75, 3.05) is 19.6 Å². The average Bonchev–Trinajstić information content (AvgIpc) is 3.34. The Bertz CT molecular complexity index is 601. The van der Waals surface area contributed by atoms with Gasteiger partial charge in [-0.25, -0.2) is 4.39 Å². The van der Waals surface area contributed by atoms with Crippen molar-refractivity contribution < 1.29 is 9.18 Å². The maximum absolute atomic E-state index is 13.8. The van der Waals surface area contributed by atoms with Crippen molar-refractivity contribution in [3.8, 4) is 0 Å². The second-order valence-electron chi connectivity index (χ2n) is 8.19. The average molecular weight is 332 g/mol. The summed E-state index contributed by atoms with van der Waals surface area (Å²) >= 11 is 0. The highest BCUT2D eigenvalue weighted by molar-refractivity contribution is 5.83. The third-order valence-electron chi connectivity index (χ3n) is 5.64. The van der Waals surface area contributed by atoms with Gasteiger partial charge in [-0.1, -0.05) is 25.1 Å². The van der Waals surface area contributed by atoms with Gasteiger partial charge in [-0.05, 0) is 63.1 Å². The highest BCUT2D eigenvalue weighted by Crippen LogP contribution is 2.48. The van der Waals surface area contributed by atoms with Crippen molar-refractivity contribution >= 4 is 5.91 Å². The van der Waals surface area contributed by atoms with Crippen LogP contribution in [0.3, 0.4) is 0 Å². The number of hydrogen-bond donors (Lipinski definition) is 1. The lowest BCUT2D eigenvalue weighted by Gasteiger charge is -2.43. The van der Waals surface area contributed by atoms with Crippen LogP contribution < -0.4 is 5.32 Å². The molecule has 3 nitrogen and oxygen atoms in total. The number of amides is 1. The lowest BCUT2D eigenvalue weighted by molar-refractivity contribution is -0.123. The predicted molar refractivity (Wildman–Crippen MR) is 94.3 cm³/mol. The van der Waals surface area contributed by atoms with Gasteiger partial charge in [0.15, 0.2) is 0 Å². The Morgan fingerprint density at radius 3 is 2.83 bits per heavy atom. The Labute approximate surface area is 144 Å². The molecule has 3 rings (SSSR count). The molecule has 4 heteroatoms. The summed E-state index contributed by atoms with van der Waals surface area (Å²) in [4.78, 5) is 14.9. The van der Waals surface area contributed by atoms with Crippen LogP contribution in [0.1, 0.15) is 51.5 Å². The van der Waals surface area contributed by atoms with E-state index in [1.54, 1.807) is 12.1 Å². The molecule has 1 N–H and O–H groups in total. The number of hydrogen-bond acceptors (Lipinski definition) is 2. The molecule has 1 aliphatic heterocycles. The third-order valence-corrected chi connectivity index (χ3v) is 5.64. The molecule has 1 aliphatic carbocycles. The quantitative estimate of drug-likeness (QED) is 0.894. The van der Waals surface area contributed by atoms with Crippen LogP contribution in [0.25, 0.3) is 0 Å². The number of halogens is 1. The van der Waals surface area contributed by atoms with Crippen LogP contribution in [0, 0.1) is 17.7 Å². The standard InChI is InChI=1S/C20H29FN2O/c1-14-7-6-10-23(12-14)20(2,3)13-22-19(24)17-11-16(17)15-8-4-5-9-18(15)21/h4-5,8-9,14,16-17H,6-7,10-13H2,1-3H3,(H,22,24). The van der Waals surface area contributed by atoms with E-state index in [1.165, 1.54) is 18.9 Å². The fourth-order valence-corrected chi connectivity index (χ4v) is 3.89. The molecule has 1 saturated carbocycles. The fraction of sp³-hybridized carbons (Fsp3) is 0.650. The summed E-state index contributed by atoms with van der Waals surface area (Å²) in [5, 5.41) is 3.11. The minimum Gasteiger partial charge on any atom is -0.354 e. The fourth-order valence-electron chi connectivity index (χ4n) is 3.89. The number of carbonyl (C=O) groups is 1. The monoisotopic (exact) mass is 332 g/mol. The zero-order valence-electron chi connectivity index (χ0n) is 15.0. The first-order valence-corrected chi connectivity index (χ1v) is 9.15. The highest BCUT2D eigenvalue weighted by Gasteiger charge is 2.45. The second kappa shape index (κ2) is 6.83. The first-order chi connectivity index (χ1) is 11.4. The van der Waals surface area contributed by atoms with Crippen LogP contribution in [0.5, 0.6) is 0 Å². The summed E-state index contributed by atoms with van der Waals surface area (Å²) in [5.41, 5.74) is 0.647. The molecule has 1 aromatic rings. The van der Waals surface area contributed by atoms with Gasteiger partial charge in [0.25, 0.3) is 0 Å². The highest BCUT2D eigenvalue weighted by atomic mass is 19.1. The van der Waals surface area contributed by atoms with Gasteiger partial charge in [0.05, 0.1) is 0 Å². The van der Waals surface area contributed by atoms with Gasteiger partial charge in [-0.15, -0.1) is 0 Å². The van der Waals surface area contributed by atoms with Crippen LogP contribution >= 0.6 is 0 Å². The Balaban J connectivity index is 1.52. The molecule has 0 bridgehead atoms. The summed E-state index contributed by atoms with van der Waals surface area (Å²) in [7, 11) is 0. The zero-order chi connectivity index (χ0) is 17.3. The smallest absolute Gasteiger partial charge is 0.223 e. The largest absolute Gasteiger partial charge is 0.354 e. The van der Waals surface area contributed by atoms with Crippen LogP contribution in [-0.2, 0) is 4.79 Å². The molecule has 132 valence electrons. The number of carbonyl (C=O) groups excluding carboxylic acids is 1. The topological polar surface area (TPSA) is 32.3 Å². The zero-order valence-corrected chi connectivity index (χ0v) is 15.0. The third kappa shape index (κ3) is 3.80. The lowest BCUT2D eigenvalue weighted by Crippen LogP contribution is -2.54. The van der Waals surface area contributed by atoms with E-state index in [2.05, 4.69) is 31.0 Å². The Hall–Kier alpha value is -1.42. The molecule has 1 heterocycles. The normalized spacial score (nSPS) is 27.8. The van der Waals surface area contributed by atoms with Crippen molar-refractivity contribution in [2.24, 2.45) is 11.8 Å². The summed E-state index contributed by atoms with van der Waals surface area (Å²) in [5.74, 6) is 0.576. The van der Waals surface area contributed by atoms with E-state index in [1.807, 2.05) is 6.07 Å². The predicted octanol–water partition coefficient (Wildman–Crippen LogP) is 3.56. The molecule has 3 unspecified atom stereocenters. The van der Waals surface area contributed by atoms with E-state index < -0.39 is 0 Å². The lowest BCUT2D eigenvalue weighted by atomic mass is 9.93. The molecule has 0 radical (unpaired) electrons. The van der Waals surface area contributed by atoms with Crippen molar-refractivity contribution in [2.45, 2.75) is 51.5 Å². The molecule has 24 heavy (non-hydrogen) atoms. The van der Waals surface area contributed by atoms with E-state index in [-0.39, 0.29) is 29.1 Å². The van der Waals surface area contributed by atoms with Gasteiger partial charge in [-0.2, -0.15) is 0 Å². The summed E-state index contributed by atoms with van der Waals surface area (Å²) in [6, 6.07) is 6.81. The first kappa shape index (κ1) is 17.4. The molecule has 0 aromatic heterocycles. The Morgan fingerprint density at radius 2 is 2.12 bits per heavy atom. The van der Waals surface area contributed by atoms with E-state index in [4.69, 9.17) is 0 Å². The summed E-state index contributed by atoms with van der Waals surface area (Å²) in [6.45, 7) is 9.56. The number of benzene rings is 1. The second-order valence-corrected chi connectivity index (χ2v) is 8.19. The Kier molecular flexibility index (Phi) is 4.95. The number of piperidine rings is 1. The SMILES string of the molecule is CC1CCCN(C(C)(C)CNC(=O)C2CC2c2ccccc2F)C1. The van der Waals surface area contributed by atoms with Crippen molar-refractivity contribution in [3.63, 3.8) is 0 Å². The number of nitrogens with one attached hydrogen (secondary N) is 1. The molecule has 3 atom stereocenters. The summed E-state index contributed by atoms with van der Waals surface area (Å²) in [6.07, 6.45) is 3.29. The van der Waals surface area contributed by atoms with Crippen LogP contribution in [0.2, 0.25) is 0 Å². The molecule has 2 fully saturated rings. The van der Waals surface area contributed by atoms with Gasteiger partial charge in [0.2, 0.25) is 5.91 Å². The number of nitrogens with zero attached hydrogens (tertiary/aromatic N) is 1. The van der Waals surface area contributed by atoms with Crippen molar-refractivity contribution in [1.29, 1.82) is 0 Å². The molecule has 2 aliphatic rings. The molecular weight excluding hydrogens is 303 g/mol. The summed E-state index contributed by atoms with van der Waals surface area (Å²) < 4.78 is 13.8. The molecule has 1 saturated heterocycles. The molecule has 0 spiro atoms. The van der Waals surface area contributed by atoms with E-state index in [9.17, 15) is 9.18 Å². The molecule has 1 amide bonds. The van der Waals surface area contributed by atoms with Crippen molar-refractivity contribution in [3.05, 3.63) is 35.6 Å². The van der Waals surface area contributed by atoms with Crippen LogP contribution in [-0.4, -0.2) is 36.0 Å². The number of rotatable bonds is 5. The van der Waals surface area contributed by atoms with Gasteiger partial charge in [0, 0.05) is 24.5 Å². The molecular formula is C20H29FN2O. The Morgan fingerprint density at radius 1 is 1.38 bits per heavy atom. The number of likely N-dealkylation sites (tertiary alicyclic amines) is 1. The van der Waals surface area contributed by atoms with E-state index >= 15 is 0 Å². The van der Waals surface area contributed by atoms with Crippen LogP contribution in [0.15, 0.2) is 24.3 Å². The first-order valence-electron chi connectivity index (χ1n) is 9.15. The maximum Gasteiger partial charge on any atom is 0.223 e. The van der Waals surface area contributed by atoms with Gasteiger partial charge in [0.1, 0.15) is 5.82 Å². The van der Waals surface area contributed by atoms with E-state index in [0.717, 1.165) is 25.4 Å². The molecule has 1 aromatic carbocycles. The minimum absolute atomic E-state index is 0.0350.